The molecule has 2 rings (SSSR count). The number of hydrogen-bond donors (Lipinski definition) is 1. The number of hydrogen-bond acceptors (Lipinski definition) is 3. The van der Waals surface area contributed by atoms with E-state index in [0.29, 0.717) is 13.2 Å². The second-order valence-electron chi connectivity index (χ2n) is 4.14. The maximum absolute atomic E-state index is 5.61. The van der Waals surface area contributed by atoms with Crippen molar-refractivity contribution in [3.63, 3.8) is 0 Å². The van der Waals surface area contributed by atoms with Crippen molar-refractivity contribution in [1.82, 2.24) is 5.32 Å². The van der Waals surface area contributed by atoms with E-state index in [2.05, 4.69) is 36.2 Å². The van der Waals surface area contributed by atoms with Gasteiger partial charge in [-0.2, -0.15) is 0 Å². The number of benzene rings is 1. The van der Waals surface area contributed by atoms with Crippen LogP contribution < -0.4 is 14.8 Å². The Labute approximate surface area is 108 Å². The molecule has 1 N–H and O–H groups in total. The second kappa shape index (κ2) is 6.32. The molecule has 0 radical (unpaired) electrons. The van der Waals surface area contributed by atoms with E-state index in [-0.39, 0.29) is 6.04 Å². The van der Waals surface area contributed by atoms with Crippen molar-refractivity contribution in [2.75, 3.05) is 19.8 Å². The number of nitrogens with one attached hydrogen (secondary N) is 1. The van der Waals surface area contributed by atoms with Gasteiger partial charge in [-0.25, -0.2) is 0 Å². The Kier molecular flexibility index (Phi) is 4.49. The lowest BCUT2D eigenvalue weighted by atomic mass is 10.0. The predicted molar refractivity (Wildman–Crippen MR) is 71.9 cm³/mol. The fourth-order valence-electron chi connectivity index (χ4n) is 2.04. The molecule has 0 bridgehead atoms. The van der Waals surface area contributed by atoms with Crippen molar-refractivity contribution in [2.45, 2.75) is 26.3 Å². The van der Waals surface area contributed by atoms with E-state index in [1.165, 1.54) is 5.56 Å². The normalized spacial score (nSPS) is 14.6. The van der Waals surface area contributed by atoms with Crippen molar-refractivity contribution >= 4 is 0 Å². The van der Waals surface area contributed by atoms with E-state index in [1.54, 1.807) is 0 Å². The zero-order valence-electron chi connectivity index (χ0n) is 11.0. The van der Waals surface area contributed by atoms with E-state index in [1.807, 2.05) is 13.0 Å². The van der Waals surface area contributed by atoms with Gasteiger partial charge >= 0.3 is 0 Å². The van der Waals surface area contributed by atoms with Gasteiger partial charge in [-0.15, -0.1) is 11.8 Å². The molecule has 0 fully saturated rings. The van der Waals surface area contributed by atoms with Crippen molar-refractivity contribution in [1.29, 1.82) is 0 Å². The standard InChI is InChI=1S/C15H19NO2/c1-3-5-6-13(16-4-2)12-7-8-14-15(11-12)18-10-9-17-14/h7-8,11,13,16H,4,6,9-10H2,1-2H3. The average molecular weight is 245 g/mol. The van der Waals surface area contributed by atoms with Crippen LogP contribution in [0.5, 0.6) is 11.5 Å². The Morgan fingerprint density at radius 1 is 1.28 bits per heavy atom. The molecule has 0 aromatic heterocycles. The fourth-order valence-corrected chi connectivity index (χ4v) is 2.04. The summed E-state index contributed by atoms with van der Waals surface area (Å²) in [5.41, 5.74) is 1.20. The van der Waals surface area contributed by atoms with Gasteiger partial charge < -0.3 is 14.8 Å². The molecular weight excluding hydrogens is 226 g/mol. The van der Waals surface area contributed by atoms with Gasteiger partial charge in [-0.3, -0.25) is 0 Å². The molecule has 1 aromatic rings. The van der Waals surface area contributed by atoms with Crippen LogP contribution in [0.1, 0.15) is 31.9 Å². The SMILES string of the molecule is CC#CCC(NCC)c1ccc2c(c1)OCCO2. The highest BCUT2D eigenvalue weighted by molar-refractivity contribution is 5.44. The lowest BCUT2D eigenvalue weighted by Gasteiger charge is -2.21. The predicted octanol–water partition coefficient (Wildman–Crippen LogP) is 2.52. The topological polar surface area (TPSA) is 30.5 Å². The largest absolute Gasteiger partial charge is 0.486 e. The van der Waals surface area contributed by atoms with E-state index in [4.69, 9.17) is 9.47 Å². The average Bonchev–Trinajstić information content (AvgIpc) is 2.43. The highest BCUT2D eigenvalue weighted by Gasteiger charge is 2.15. The zero-order valence-corrected chi connectivity index (χ0v) is 11.0. The van der Waals surface area contributed by atoms with Gasteiger partial charge in [-0.1, -0.05) is 13.0 Å². The third kappa shape index (κ3) is 2.96. The monoisotopic (exact) mass is 245 g/mol. The molecule has 1 aromatic carbocycles. The molecule has 3 heteroatoms. The summed E-state index contributed by atoms with van der Waals surface area (Å²) in [6.07, 6.45) is 0.810. The fraction of sp³-hybridized carbons (Fsp3) is 0.467. The number of ether oxygens (including phenoxy) is 2. The second-order valence-corrected chi connectivity index (χ2v) is 4.14. The summed E-state index contributed by atoms with van der Waals surface area (Å²) in [6.45, 7) is 6.14. The first-order valence-corrected chi connectivity index (χ1v) is 6.37. The molecule has 1 unspecified atom stereocenters. The van der Waals surface area contributed by atoms with Crippen LogP contribution in [-0.4, -0.2) is 19.8 Å². The van der Waals surface area contributed by atoms with Crippen molar-refractivity contribution in [3.05, 3.63) is 23.8 Å². The van der Waals surface area contributed by atoms with Crippen molar-refractivity contribution < 1.29 is 9.47 Å². The van der Waals surface area contributed by atoms with Crippen LogP contribution in [0.15, 0.2) is 18.2 Å². The molecule has 0 spiro atoms. The summed E-state index contributed by atoms with van der Waals surface area (Å²) < 4.78 is 11.1. The minimum Gasteiger partial charge on any atom is -0.486 e. The van der Waals surface area contributed by atoms with E-state index in [9.17, 15) is 0 Å². The number of fused-ring (bicyclic) bond motifs is 1. The third-order valence-electron chi connectivity index (χ3n) is 2.90. The molecule has 3 nitrogen and oxygen atoms in total. The van der Waals surface area contributed by atoms with Crippen molar-refractivity contribution in [2.24, 2.45) is 0 Å². The quantitative estimate of drug-likeness (QED) is 0.827. The van der Waals surface area contributed by atoms with Gasteiger partial charge in [-0.05, 0) is 31.2 Å². The van der Waals surface area contributed by atoms with Crippen LogP contribution >= 0.6 is 0 Å². The Bertz CT molecular complexity index is 459. The van der Waals surface area contributed by atoms with Gasteiger partial charge in [0.1, 0.15) is 13.2 Å². The molecule has 0 saturated heterocycles. The highest BCUT2D eigenvalue weighted by atomic mass is 16.6. The Hall–Kier alpha value is -1.66. The van der Waals surface area contributed by atoms with Crippen molar-refractivity contribution in [3.8, 4) is 23.3 Å². The van der Waals surface area contributed by atoms with Crippen LogP contribution in [0.2, 0.25) is 0 Å². The van der Waals surface area contributed by atoms with Gasteiger partial charge in [0.05, 0.1) is 0 Å². The maximum atomic E-state index is 5.61. The molecule has 18 heavy (non-hydrogen) atoms. The van der Waals surface area contributed by atoms with E-state index in [0.717, 1.165) is 24.5 Å². The lowest BCUT2D eigenvalue weighted by molar-refractivity contribution is 0.171. The first-order chi connectivity index (χ1) is 8.85. The first kappa shape index (κ1) is 12.8. The molecule has 1 aliphatic heterocycles. The summed E-state index contributed by atoms with van der Waals surface area (Å²) in [7, 11) is 0. The van der Waals surface area contributed by atoms with E-state index >= 15 is 0 Å². The molecule has 1 atom stereocenters. The first-order valence-electron chi connectivity index (χ1n) is 6.37. The third-order valence-corrected chi connectivity index (χ3v) is 2.90. The van der Waals surface area contributed by atoms with Gasteiger partial charge in [0.25, 0.3) is 0 Å². The Morgan fingerprint density at radius 2 is 2.06 bits per heavy atom. The molecule has 0 amide bonds. The Balaban J connectivity index is 2.20. The molecule has 96 valence electrons. The summed E-state index contributed by atoms with van der Waals surface area (Å²) in [6, 6.07) is 6.36. The van der Waals surface area contributed by atoms with Crippen LogP contribution in [0.4, 0.5) is 0 Å². The van der Waals surface area contributed by atoms with Crippen LogP contribution in [0, 0.1) is 11.8 Å². The molecule has 0 aliphatic carbocycles. The van der Waals surface area contributed by atoms with E-state index < -0.39 is 0 Å². The number of rotatable bonds is 4. The zero-order chi connectivity index (χ0) is 12.8. The maximum Gasteiger partial charge on any atom is 0.161 e. The van der Waals surface area contributed by atoms with Gasteiger partial charge in [0, 0.05) is 12.5 Å². The highest BCUT2D eigenvalue weighted by Crippen LogP contribution is 2.33. The molecule has 0 saturated carbocycles. The van der Waals surface area contributed by atoms with Crippen LogP contribution in [-0.2, 0) is 0 Å². The van der Waals surface area contributed by atoms with Gasteiger partial charge in [0.15, 0.2) is 11.5 Å². The van der Waals surface area contributed by atoms with Gasteiger partial charge in [0.2, 0.25) is 0 Å². The minimum atomic E-state index is 0.248. The smallest absolute Gasteiger partial charge is 0.161 e. The summed E-state index contributed by atoms with van der Waals surface area (Å²) in [4.78, 5) is 0. The Morgan fingerprint density at radius 3 is 2.78 bits per heavy atom. The lowest BCUT2D eigenvalue weighted by Crippen LogP contribution is -2.21. The minimum absolute atomic E-state index is 0.248. The molecule has 1 heterocycles. The molecule has 1 aliphatic rings. The van der Waals surface area contributed by atoms with Crippen LogP contribution in [0.3, 0.4) is 0 Å². The summed E-state index contributed by atoms with van der Waals surface area (Å²) in [5.74, 6) is 7.74. The summed E-state index contributed by atoms with van der Waals surface area (Å²) >= 11 is 0. The summed E-state index contributed by atoms with van der Waals surface area (Å²) in [5, 5.41) is 3.44. The molecular formula is C15H19NO2. The van der Waals surface area contributed by atoms with Crippen LogP contribution in [0.25, 0.3) is 0 Å².